The summed E-state index contributed by atoms with van der Waals surface area (Å²) >= 11 is 0. The van der Waals surface area contributed by atoms with Gasteiger partial charge in [-0.05, 0) is 84.5 Å². The first-order valence-corrected chi connectivity index (χ1v) is 12.5. The summed E-state index contributed by atoms with van der Waals surface area (Å²) in [6.45, 7) is 4.04. The standard InChI is InChI=1S/C33H27N3O3/c1-22-18-28(24-12-14-25(15-13-24)33(38)39-3)19-23(2)29(22)16-17-32(37)36(30-10-6-4-8-26(30)20-34)31-11-7-5-9-27(31)21-35/h4-15,18-19H,16-17H2,1-3H3. The topological polar surface area (TPSA) is 94.2 Å². The second-order valence-corrected chi connectivity index (χ2v) is 9.14. The molecule has 0 saturated carbocycles. The van der Waals surface area contributed by atoms with Crippen molar-refractivity contribution in [2.24, 2.45) is 0 Å². The lowest BCUT2D eigenvalue weighted by Crippen LogP contribution is -2.27. The molecule has 0 saturated heterocycles. The van der Waals surface area contributed by atoms with E-state index in [0.717, 1.165) is 27.8 Å². The average molecular weight is 514 g/mol. The van der Waals surface area contributed by atoms with Gasteiger partial charge in [0.1, 0.15) is 12.1 Å². The third kappa shape index (κ3) is 5.71. The summed E-state index contributed by atoms with van der Waals surface area (Å²) in [4.78, 5) is 27.0. The Bertz CT molecular complexity index is 1550. The molecule has 0 aliphatic heterocycles. The maximum absolute atomic E-state index is 13.7. The van der Waals surface area contributed by atoms with Gasteiger partial charge in [-0.1, -0.05) is 48.5 Å². The summed E-state index contributed by atoms with van der Waals surface area (Å²) in [6.07, 6.45) is 0.687. The van der Waals surface area contributed by atoms with Crippen LogP contribution in [0, 0.1) is 36.5 Å². The lowest BCUT2D eigenvalue weighted by molar-refractivity contribution is -0.117. The Morgan fingerprint density at radius 1 is 0.769 bits per heavy atom. The number of hydrogen-bond donors (Lipinski definition) is 0. The first-order chi connectivity index (χ1) is 18.9. The monoisotopic (exact) mass is 513 g/mol. The van der Waals surface area contributed by atoms with E-state index in [1.807, 2.05) is 26.0 Å². The average Bonchev–Trinajstić information content (AvgIpc) is 2.97. The molecule has 0 N–H and O–H groups in total. The fourth-order valence-corrected chi connectivity index (χ4v) is 4.74. The zero-order valence-corrected chi connectivity index (χ0v) is 22.1. The predicted octanol–water partition coefficient (Wildman–Crippen LogP) is 6.80. The zero-order chi connectivity index (χ0) is 27.9. The number of rotatable bonds is 7. The minimum Gasteiger partial charge on any atom is -0.465 e. The highest BCUT2D eigenvalue weighted by Crippen LogP contribution is 2.33. The van der Waals surface area contributed by atoms with E-state index in [9.17, 15) is 20.1 Å². The number of anilines is 2. The molecule has 0 atom stereocenters. The van der Waals surface area contributed by atoms with E-state index < -0.39 is 0 Å². The van der Waals surface area contributed by atoms with Crippen LogP contribution in [0.2, 0.25) is 0 Å². The minimum absolute atomic E-state index is 0.189. The molecule has 1 amide bonds. The maximum Gasteiger partial charge on any atom is 0.337 e. The van der Waals surface area contributed by atoms with Gasteiger partial charge in [0.15, 0.2) is 0 Å². The van der Waals surface area contributed by atoms with Gasteiger partial charge in [-0.15, -0.1) is 0 Å². The second-order valence-electron chi connectivity index (χ2n) is 9.14. The van der Waals surface area contributed by atoms with Gasteiger partial charge >= 0.3 is 5.97 Å². The Hall–Kier alpha value is -5.20. The highest BCUT2D eigenvalue weighted by Gasteiger charge is 2.23. The quantitative estimate of drug-likeness (QED) is 0.253. The number of hydrogen-bond acceptors (Lipinski definition) is 5. The Morgan fingerprint density at radius 3 is 1.77 bits per heavy atom. The number of nitrogens with zero attached hydrogens (tertiary/aromatic N) is 3. The van der Waals surface area contributed by atoms with Crippen molar-refractivity contribution in [1.82, 2.24) is 0 Å². The van der Waals surface area contributed by atoms with Crippen LogP contribution in [0.5, 0.6) is 0 Å². The van der Waals surface area contributed by atoms with Crippen LogP contribution in [0.1, 0.15) is 44.6 Å². The van der Waals surface area contributed by atoms with E-state index >= 15 is 0 Å². The molecule has 4 aromatic rings. The van der Waals surface area contributed by atoms with E-state index in [4.69, 9.17) is 4.74 Å². The Labute approximate surface area is 228 Å². The van der Waals surface area contributed by atoms with Crippen molar-refractivity contribution < 1.29 is 14.3 Å². The van der Waals surface area contributed by atoms with E-state index in [0.29, 0.717) is 34.5 Å². The molecule has 39 heavy (non-hydrogen) atoms. The normalized spacial score (nSPS) is 10.3. The number of carbonyl (C=O) groups excluding carboxylic acids is 2. The maximum atomic E-state index is 13.7. The number of esters is 1. The van der Waals surface area contributed by atoms with Crippen molar-refractivity contribution in [3.05, 3.63) is 118 Å². The smallest absolute Gasteiger partial charge is 0.337 e. The molecule has 0 aliphatic carbocycles. The number of ether oxygens (including phenoxy) is 1. The molecule has 4 rings (SSSR count). The molecule has 6 nitrogen and oxygen atoms in total. The van der Waals surface area contributed by atoms with Crippen molar-refractivity contribution in [3.8, 4) is 23.3 Å². The number of amides is 1. The first kappa shape index (κ1) is 26.9. The molecule has 192 valence electrons. The van der Waals surface area contributed by atoms with Crippen LogP contribution in [-0.2, 0) is 16.0 Å². The largest absolute Gasteiger partial charge is 0.465 e. The number of benzene rings is 4. The van der Waals surface area contributed by atoms with Crippen molar-refractivity contribution in [3.63, 3.8) is 0 Å². The van der Waals surface area contributed by atoms with E-state index in [1.54, 1.807) is 60.7 Å². The number of carbonyl (C=O) groups is 2. The molecule has 0 aliphatic rings. The lowest BCUT2D eigenvalue weighted by Gasteiger charge is -2.25. The van der Waals surface area contributed by atoms with Gasteiger partial charge in [0.05, 0.1) is 35.2 Å². The molecule has 0 aromatic heterocycles. The van der Waals surface area contributed by atoms with Crippen LogP contribution in [0.3, 0.4) is 0 Å². The second kappa shape index (κ2) is 11.9. The zero-order valence-electron chi connectivity index (χ0n) is 22.1. The van der Waals surface area contributed by atoms with E-state index in [2.05, 4.69) is 24.3 Å². The highest BCUT2D eigenvalue weighted by atomic mass is 16.5. The summed E-state index contributed by atoms with van der Waals surface area (Å²) < 4.78 is 4.78. The van der Waals surface area contributed by atoms with Gasteiger partial charge in [-0.2, -0.15) is 10.5 Å². The molecular formula is C33H27N3O3. The highest BCUT2D eigenvalue weighted by molar-refractivity contribution is 6.03. The van der Waals surface area contributed by atoms with Crippen LogP contribution >= 0.6 is 0 Å². The summed E-state index contributed by atoms with van der Waals surface area (Å²) in [5, 5.41) is 19.4. The van der Waals surface area contributed by atoms with Crippen molar-refractivity contribution in [2.45, 2.75) is 26.7 Å². The molecule has 0 radical (unpaired) electrons. The van der Waals surface area contributed by atoms with Crippen LogP contribution in [0.25, 0.3) is 11.1 Å². The van der Waals surface area contributed by atoms with Gasteiger partial charge in [0, 0.05) is 6.42 Å². The lowest BCUT2D eigenvalue weighted by atomic mass is 9.92. The Balaban J connectivity index is 1.63. The molecule has 6 heteroatoms. The molecular weight excluding hydrogens is 486 g/mol. The molecule has 0 unspecified atom stereocenters. The molecule has 0 heterocycles. The van der Waals surface area contributed by atoms with Crippen molar-refractivity contribution in [2.75, 3.05) is 12.0 Å². The van der Waals surface area contributed by atoms with Crippen molar-refractivity contribution in [1.29, 1.82) is 10.5 Å². The van der Waals surface area contributed by atoms with Crippen molar-refractivity contribution >= 4 is 23.3 Å². The fraction of sp³-hybridized carbons (Fsp3) is 0.152. The fourth-order valence-electron chi connectivity index (χ4n) is 4.74. The van der Waals surface area contributed by atoms with Gasteiger partial charge in [0.25, 0.3) is 0 Å². The SMILES string of the molecule is COC(=O)c1ccc(-c2cc(C)c(CCC(=O)N(c3ccccc3C#N)c3ccccc3C#N)c(C)c2)cc1. The summed E-state index contributed by atoms with van der Waals surface area (Å²) in [6, 6.07) is 29.6. The Kier molecular flexibility index (Phi) is 8.19. The third-order valence-corrected chi connectivity index (χ3v) is 6.70. The summed E-state index contributed by atoms with van der Waals surface area (Å²) in [5.41, 5.74) is 7.27. The van der Waals surface area contributed by atoms with Crippen LogP contribution in [-0.4, -0.2) is 19.0 Å². The van der Waals surface area contributed by atoms with Crippen LogP contribution in [0.15, 0.2) is 84.9 Å². The molecule has 4 aromatic carbocycles. The summed E-state index contributed by atoms with van der Waals surface area (Å²) in [7, 11) is 1.36. The van der Waals surface area contributed by atoms with Gasteiger partial charge in [0.2, 0.25) is 5.91 Å². The van der Waals surface area contributed by atoms with Gasteiger partial charge in [-0.25, -0.2) is 4.79 Å². The predicted molar refractivity (Wildman–Crippen MR) is 150 cm³/mol. The van der Waals surface area contributed by atoms with E-state index in [-0.39, 0.29) is 18.3 Å². The Morgan fingerprint density at radius 2 is 1.28 bits per heavy atom. The summed E-state index contributed by atoms with van der Waals surface area (Å²) in [5.74, 6) is -0.584. The van der Waals surface area contributed by atoms with Gasteiger partial charge < -0.3 is 4.74 Å². The molecule has 0 spiro atoms. The third-order valence-electron chi connectivity index (χ3n) is 6.70. The minimum atomic E-state index is -0.377. The van der Waals surface area contributed by atoms with Crippen LogP contribution in [0.4, 0.5) is 11.4 Å². The number of nitriles is 2. The first-order valence-electron chi connectivity index (χ1n) is 12.5. The van der Waals surface area contributed by atoms with Crippen LogP contribution < -0.4 is 4.90 Å². The molecule has 0 fully saturated rings. The number of methoxy groups -OCH3 is 1. The van der Waals surface area contributed by atoms with E-state index in [1.165, 1.54) is 12.0 Å². The number of aryl methyl sites for hydroxylation is 2. The molecule has 0 bridgehead atoms. The van der Waals surface area contributed by atoms with Gasteiger partial charge in [-0.3, -0.25) is 9.69 Å². The number of para-hydroxylation sites is 2.